The number of halogens is 2. The molecular weight excluding hydrogens is 310 g/mol. The van der Waals surface area contributed by atoms with Crippen molar-refractivity contribution in [3.8, 4) is 10.6 Å². The van der Waals surface area contributed by atoms with Crippen molar-refractivity contribution in [2.75, 3.05) is 6.54 Å². The number of nitrogens with one attached hydrogen (secondary N) is 2. The average Bonchev–Trinajstić information content (AvgIpc) is 3.12. The molecule has 2 aromatic rings. The summed E-state index contributed by atoms with van der Waals surface area (Å²) in [4.78, 5) is 11.8. The predicted molar refractivity (Wildman–Crippen MR) is 78.5 cm³/mol. The smallest absolute Gasteiger partial charge is 0.262 e. The zero-order valence-electron chi connectivity index (χ0n) is 11.6. The summed E-state index contributed by atoms with van der Waals surface area (Å²) >= 11 is 1.36. The SMILES string of the molecule is O=C(NCc1nnc(-c2ccccc2)s1)C1CC(F)(F)CN1. The van der Waals surface area contributed by atoms with Crippen LogP contribution in [0.15, 0.2) is 30.3 Å². The Bertz CT molecular complexity index is 662. The van der Waals surface area contributed by atoms with E-state index in [1.807, 2.05) is 30.3 Å². The summed E-state index contributed by atoms with van der Waals surface area (Å²) in [5, 5.41) is 14.6. The number of alkyl halides is 2. The van der Waals surface area contributed by atoms with E-state index in [9.17, 15) is 13.6 Å². The van der Waals surface area contributed by atoms with E-state index in [-0.39, 0.29) is 6.54 Å². The molecule has 3 rings (SSSR count). The predicted octanol–water partition coefficient (Wildman–Crippen LogP) is 1.82. The molecule has 1 aliphatic rings. The number of nitrogens with zero attached hydrogens (tertiary/aromatic N) is 2. The molecule has 1 aromatic heterocycles. The Hall–Kier alpha value is -1.93. The van der Waals surface area contributed by atoms with E-state index in [0.717, 1.165) is 10.6 Å². The van der Waals surface area contributed by atoms with Crippen LogP contribution in [0.5, 0.6) is 0 Å². The highest BCUT2D eigenvalue weighted by atomic mass is 32.1. The Morgan fingerprint density at radius 3 is 2.82 bits per heavy atom. The van der Waals surface area contributed by atoms with E-state index in [1.54, 1.807) is 0 Å². The van der Waals surface area contributed by atoms with Gasteiger partial charge in [-0.3, -0.25) is 10.1 Å². The normalized spacial score (nSPS) is 20.0. The van der Waals surface area contributed by atoms with Crippen LogP contribution in [0, 0.1) is 0 Å². The van der Waals surface area contributed by atoms with E-state index in [4.69, 9.17) is 0 Å². The van der Waals surface area contributed by atoms with Gasteiger partial charge in [0.25, 0.3) is 5.92 Å². The summed E-state index contributed by atoms with van der Waals surface area (Å²) in [6, 6.07) is 8.72. The molecule has 116 valence electrons. The Kier molecular flexibility index (Phi) is 4.12. The van der Waals surface area contributed by atoms with Gasteiger partial charge in [-0.15, -0.1) is 10.2 Å². The third-order valence-corrected chi connectivity index (χ3v) is 4.30. The maximum Gasteiger partial charge on any atom is 0.262 e. The molecule has 2 heterocycles. The number of hydrogen-bond donors (Lipinski definition) is 2. The summed E-state index contributed by atoms with van der Waals surface area (Å²) in [5.41, 5.74) is 0.953. The molecule has 2 N–H and O–H groups in total. The molecule has 1 unspecified atom stereocenters. The van der Waals surface area contributed by atoms with Crippen LogP contribution in [-0.2, 0) is 11.3 Å². The van der Waals surface area contributed by atoms with E-state index >= 15 is 0 Å². The lowest BCUT2D eigenvalue weighted by Gasteiger charge is -2.09. The molecule has 22 heavy (non-hydrogen) atoms. The molecule has 0 bridgehead atoms. The van der Waals surface area contributed by atoms with E-state index in [2.05, 4.69) is 20.8 Å². The van der Waals surface area contributed by atoms with Crippen LogP contribution >= 0.6 is 11.3 Å². The number of benzene rings is 1. The number of hydrogen-bond acceptors (Lipinski definition) is 5. The van der Waals surface area contributed by atoms with Crippen LogP contribution in [0.2, 0.25) is 0 Å². The molecule has 1 aromatic carbocycles. The topological polar surface area (TPSA) is 66.9 Å². The second kappa shape index (κ2) is 6.05. The van der Waals surface area contributed by atoms with Gasteiger partial charge in [-0.25, -0.2) is 8.78 Å². The summed E-state index contributed by atoms with van der Waals surface area (Å²) in [6.45, 7) is -0.269. The largest absolute Gasteiger partial charge is 0.348 e. The second-order valence-electron chi connectivity index (χ2n) is 5.08. The molecule has 8 heteroatoms. The van der Waals surface area contributed by atoms with E-state index in [1.165, 1.54) is 11.3 Å². The van der Waals surface area contributed by atoms with E-state index < -0.39 is 30.8 Å². The van der Waals surface area contributed by atoms with Gasteiger partial charge >= 0.3 is 0 Å². The quantitative estimate of drug-likeness (QED) is 0.900. The monoisotopic (exact) mass is 324 g/mol. The van der Waals surface area contributed by atoms with Crippen molar-refractivity contribution in [2.24, 2.45) is 0 Å². The van der Waals surface area contributed by atoms with Crippen LogP contribution in [0.3, 0.4) is 0 Å². The van der Waals surface area contributed by atoms with Gasteiger partial charge in [-0.05, 0) is 0 Å². The number of aromatic nitrogens is 2. The maximum absolute atomic E-state index is 13.0. The highest BCUT2D eigenvalue weighted by molar-refractivity contribution is 7.14. The van der Waals surface area contributed by atoms with Crippen LogP contribution in [-0.4, -0.2) is 34.6 Å². The molecule has 0 radical (unpaired) electrons. The standard InChI is InChI=1S/C14H14F2N4OS/c15-14(16)6-10(18-8-14)12(21)17-7-11-19-20-13(22-11)9-4-2-1-3-5-9/h1-5,10,18H,6-8H2,(H,17,21). The summed E-state index contributed by atoms with van der Waals surface area (Å²) in [5.74, 6) is -3.25. The first-order valence-corrected chi connectivity index (χ1v) is 7.62. The first-order valence-electron chi connectivity index (χ1n) is 6.80. The number of carbonyl (C=O) groups excluding carboxylic acids is 1. The van der Waals surface area contributed by atoms with Crippen molar-refractivity contribution in [3.05, 3.63) is 35.3 Å². The van der Waals surface area contributed by atoms with E-state index in [0.29, 0.717) is 5.01 Å². The van der Waals surface area contributed by atoms with Gasteiger partial charge in [-0.1, -0.05) is 41.7 Å². The summed E-state index contributed by atoms with van der Waals surface area (Å²) in [6.07, 6.45) is -0.468. The third kappa shape index (κ3) is 3.45. The minimum atomic E-state index is -2.81. The fraction of sp³-hybridized carbons (Fsp3) is 0.357. The average molecular weight is 324 g/mol. The highest BCUT2D eigenvalue weighted by Gasteiger charge is 2.42. The zero-order chi connectivity index (χ0) is 15.6. The zero-order valence-corrected chi connectivity index (χ0v) is 12.4. The fourth-order valence-corrected chi connectivity index (χ4v) is 2.99. The summed E-state index contributed by atoms with van der Waals surface area (Å²) in [7, 11) is 0. The van der Waals surface area contributed by atoms with Crippen LogP contribution in [0.1, 0.15) is 11.4 Å². The molecule has 0 spiro atoms. The lowest BCUT2D eigenvalue weighted by atomic mass is 10.2. The molecule has 1 aliphatic heterocycles. The van der Waals surface area contributed by atoms with Crippen molar-refractivity contribution in [3.63, 3.8) is 0 Å². The molecule has 1 fully saturated rings. The Morgan fingerprint density at radius 2 is 2.14 bits per heavy atom. The van der Waals surface area contributed by atoms with Crippen molar-refractivity contribution < 1.29 is 13.6 Å². The van der Waals surface area contributed by atoms with Gasteiger partial charge in [0.15, 0.2) is 0 Å². The van der Waals surface area contributed by atoms with Crippen molar-refractivity contribution >= 4 is 17.2 Å². The van der Waals surface area contributed by atoms with Crippen molar-refractivity contribution in [1.29, 1.82) is 0 Å². The lowest BCUT2D eigenvalue weighted by molar-refractivity contribution is -0.123. The Labute approximate surface area is 129 Å². The first-order chi connectivity index (χ1) is 10.5. The molecule has 0 aliphatic carbocycles. The molecule has 5 nitrogen and oxygen atoms in total. The highest BCUT2D eigenvalue weighted by Crippen LogP contribution is 2.25. The molecule has 1 saturated heterocycles. The van der Waals surface area contributed by atoms with Crippen LogP contribution in [0.25, 0.3) is 10.6 Å². The van der Waals surface area contributed by atoms with Crippen LogP contribution in [0.4, 0.5) is 8.78 Å². The van der Waals surface area contributed by atoms with Gasteiger partial charge in [0.1, 0.15) is 10.0 Å². The lowest BCUT2D eigenvalue weighted by Crippen LogP contribution is -2.40. The molecule has 1 amide bonds. The molecule has 1 atom stereocenters. The molecular formula is C14H14F2N4OS. The van der Waals surface area contributed by atoms with Crippen molar-refractivity contribution in [1.82, 2.24) is 20.8 Å². The summed E-state index contributed by atoms with van der Waals surface area (Å²) < 4.78 is 26.1. The fourth-order valence-electron chi connectivity index (χ4n) is 2.21. The number of carbonyl (C=O) groups is 1. The Morgan fingerprint density at radius 1 is 1.36 bits per heavy atom. The number of rotatable bonds is 4. The van der Waals surface area contributed by atoms with Gasteiger partial charge < -0.3 is 5.32 Å². The minimum absolute atomic E-state index is 0.188. The van der Waals surface area contributed by atoms with Gasteiger partial charge in [0, 0.05) is 12.0 Å². The van der Waals surface area contributed by atoms with Crippen LogP contribution < -0.4 is 10.6 Å². The molecule has 0 saturated carbocycles. The number of amides is 1. The van der Waals surface area contributed by atoms with Crippen molar-refractivity contribution in [2.45, 2.75) is 24.9 Å². The minimum Gasteiger partial charge on any atom is -0.348 e. The van der Waals surface area contributed by atoms with Gasteiger partial charge in [-0.2, -0.15) is 0 Å². The first kappa shape index (κ1) is 15.0. The maximum atomic E-state index is 13.0. The third-order valence-electron chi connectivity index (χ3n) is 3.33. The van der Waals surface area contributed by atoms with Gasteiger partial charge in [0.05, 0.1) is 19.1 Å². The Balaban J connectivity index is 1.56. The van der Waals surface area contributed by atoms with Gasteiger partial charge in [0.2, 0.25) is 5.91 Å². The second-order valence-corrected chi connectivity index (χ2v) is 6.14.